The Labute approximate surface area is 75.1 Å². The predicted molar refractivity (Wildman–Crippen MR) is 42.3 cm³/mol. The first-order valence-electron chi connectivity index (χ1n) is 4.35. The van der Waals surface area contributed by atoms with Crippen molar-refractivity contribution in [2.45, 2.75) is 31.5 Å². The van der Waals surface area contributed by atoms with Gasteiger partial charge in [0.25, 0.3) is 0 Å². The smallest absolute Gasteiger partial charge is 0.380 e. The van der Waals surface area contributed by atoms with Crippen molar-refractivity contribution in [2.75, 3.05) is 13.1 Å². The van der Waals surface area contributed by atoms with E-state index in [0.29, 0.717) is 12.8 Å². The maximum absolute atomic E-state index is 12.3. The Morgan fingerprint density at radius 1 is 1.38 bits per heavy atom. The molecule has 0 saturated carbocycles. The number of halogens is 3. The summed E-state index contributed by atoms with van der Waals surface area (Å²) in [7, 11) is 0. The molecule has 2 N–H and O–H groups in total. The van der Waals surface area contributed by atoms with Crippen LogP contribution >= 0.6 is 0 Å². The number of hydrogen-bond acceptors (Lipinski definition) is 2. The maximum atomic E-state index is 12.3. The van der Waals surface area contributed by atoms with E-state index in [4.69, 9.17) is 0 Å². The van der Waals surface area contributed by atoms with Gasteiger partial charge in [0, 0.05) is 12.5 Å². The van der Waals surface area contributed by atoms with E-state index in [1.165, 1.54) is 0 Å². The zero-order valence-corrected chi connectivity index (χ0v) is 7.49. The third-order valence-corrected chi connectivity index (χ3v) is 2.67. The number of aliphatic hydroxyl groups is 1. The highest BCUT2D eigenvalue weighted by Gasteiger charge is 2.54. The molecule has 0 bridgehead atoms. The average Bonchev–Trinajstić information content (AvgIpc) is 2.04. The van der Waals surface area contributed by atoms with Gasteiger partial charge in [-0.2, -0.15) is 13.2 Å². The van der Waals surface area contributed by atoms with Crippen LogP contribution in [0.1, 0.15) is 19.8 Å². The van der Waals surface area contributed by atoms with Crippen LogP contribution in [0.15, 0.2) is 0 Å². The second kappa shape index (κ2) is 3.46. The molecule has 0 aliphatic carbocycles. The van der Waals surface area contributed by atoms with Crippen LogP contribution < -0.4 is 5.32 Å². The summed E-state index contributed by atoms with van der Waals surface area (Å²) in [6.07, 6.45) is -3.41. The average molecular weight is 197 g/mol. The van der Waals surface area contributed by atoms with E-state index in [1.807, 2.05) is 0 Å². The lowest BCUT2D eigenvalue weighted by molar-refractivity contribution is -0.273. The molecule has 78 valence electrons. The van der Waals surface area contributed by atoms with Gasteiger partial charge in [-0.1, -0.05) is 0 Å². The third kappa shape index (κ3) is 2.14. The summed E-state index contributed by atoms with van der Waals surface area (Å²) >= 11 is 0. The summed E-state index contributed by atoms with van der Waals surface area (Å²) in [5, 5.41) is 12.2. The van der Waals surface area contributed by atoms with Gasteiger partial charge in [-0.05, 0) is 26.3 Å². The molecule has 1 rings (SSSR count). The monoisotopic (exact) mass is 197 g/mol. The van der Waals surface area contributed by atoms with E-state index in [-0.39, 0.29) is 6.54 Å². The highest BCUT2D eigenvalue weighted by molar-refractivity contribution is 4.91. The lowest BCUT2D eigenvalue weighted by Gasteiger charge is -2.37. The Kier molecular flexibility index (Phi) is 2.87. The molecule has 5 heteroatoms. The van der Waals surface area contributed by atoms with Crippen molar-refractivity contribution >= 4 is 0 Å². The molecule has 0 aromatic carbocycles. The third-order valence-electron chi connectivity index (χ3n) is 2.67. The first-order chi connectivity index (χ1) is 5.86. The molecule has 0 spiro atoms. The standard InChI is InChI=1S/C8H14F3NO/c1-7(13,8(9,10)11)6-3-2-4-12-5-6/h6,12-13H,2-5H2,1H3/t6-,7+/m1/s1. The second-order valence-corrected chi connectivity index (χ2v) is 3.69. The Hall–Kier alpha value is -0.290. The molecule has 0 aromatic rings. The summed E-state index contributed by atoms with van der Waals surface area (Å²) < 4.78 is 37.0. The van der Waals surface area contributed by atoms with Crippen LogP contribution in [0.3, 0.4) is 0 Å². The molecule has 2 nitrogen and oxygen atoms in total. The molecule has 13 heavy (non-hydrogen) atoms. The first-order valence-corrected chi connectivity index (χ1v) is 4.35. The van der Waals surface area contributed by atoms with Gasteiger partial charge in [0.15, 0.2) is 5.60 Å². The number of rotatable bonds is 1. The molecule has 0 radical (unpaired) electrons. The zero-order valence-electron chi connectivity index (χ0n) is 7.49. The van der Waals surface area contributed by atoms with Gasteiger partial charge < -0.3 is 10.4 Å². The lowest BCUT2D eigenvalue weighted by atomic mass is 9.83. The topological polar surface area (TPSA) is 32.3 Å². The normalized spacial score (nSPS) is 29.8. The molecule has 1 heterocycles. The number of hydrogen-bond donors (Lipinski definition) is 2. The minimum atomic E-state index is -4.53. The van der Waals surface area contributed by atoms with E-state index in [0.717, 1.165) is 13.5 Å². The molecule has 0 amide bonds. The van der Waals surface area contributed by atoms with Gasteiger partial charge in [0.05, 0.1) is 0 Å². The molecule has 0 unspecified atom stereocenters. The van der Waals surface area contributed by atoms with Gasteiger partial charge >= 0.3 is 6.18 Å². The van der Waals surface area contributed by atoms with Crippen LogP contribution in [0, 0.1) is 5.92 Å². The van der Waals surface area contributed by atoms with Crippen LogP contribution in [0.5, 0.6) is 0 Å². The second-order valence-electron chi connectivity index (χ2n) is 3.69. The highest BCUT2D eigenvalue weighted by atomic mass is 19.4. The Morgan fingerprint density at radius 3 is 2.38 bits per heavy atom. The zero-order chi connectivity index (χ0) is 10.1. The van der Waals surface area contributed by atoms with Gasteiger partial charge in [-0.3, -0.25) is 0 Å². The van der Waals surface area contributed by atoms with Crippen molar-refractivity contribution in [1.29, 1.82) is 0 Å². The molecular weight excluding hydrogens is 183 g/mol. The van der Waals surface area contributed by atoms with Crippen molar-refractivity contribution in [3.63, 3.8) is 0 Å². The number of nitrogens with one attached hydrogen (secondary N) is 1. The van der Waals surface area contributed by atoms with E-state index < -0.39 is 17.7 Å². The van der Waals surface area contributed by atoms with E-state index >= 15 is 0 Å². The van der Waals surface area contributed by atoms with Crippen molar-refractivity contribution in [2.24, 2.45) is 5.92 Å². The van der Waals surface area contributed by atoms with Crippen molar-refractivity contribution in [3.05, 3.63) is 0 Å². The predicted octanol–water partition coefficient (Wildman–Crippen LogP) is 1.30. The SMILES string of the molecule is C[C@](O)([C@@H]1CCCNC1)C(F)(F)F. The van der Waals surface area contributed by atoms with Crippen LogP contribution in [-0.2, 0) is 0 Å². The summed E-state index contributed by atoms with van der Waals surface area (Å²) in [4.78, 5) is 0. The summed E-state index contributed by atoms with van der Waals surface area (Å²) in [6, 6.07) is 0. The first kappa shape index (κ1) is 10.8. The maximum Gasteiger partial charge on any atom is 0.417 e. The van der Waals surface area contributed by atoms with E-state index in [1.54, 1.807) is 0 Å². The van der Waals surface area contributed by atoms with Crippen LogP contribution in [0.4, 0.5) is 13.2 Å². The molecule has 1 saturated heterocycles. The molecule has 0 aromatic heterocycles. The van der Waals surface area contributed by atoms with E-state index in [9.17, 15) is 18.3 Å². The summed E-state index contributed by atoms with van der Waals surface area (Å²) in [6.45, 7) is 1.83. The van der Waals surface area contributed by atoms with Crippen molar-refractivity contribution in [1.82, 2.24) is 5.32 Å². The lowest BCUT2D eigenvalue weighted by Crippen LogP contribution is -2.53. The number of alkyl halides is 3. The van der Waals surface area contributed by atoms with E-state index in [2.05, 4.69) is 5.32 Å². The number of piperidine rings is 1. The van der Waals surface area contributed by atoms with Gasteiger partial charge in [-0.25, -0.2) is 0 Å². The van der Waals surface area contributed by atoms with Crippen molar-refractivity contribution < 1.29 is 18.3 Å². The minimum Gasteiger partial charge on any atom is -0.380 e. The Balaban J connectivity index is 2.67. The fourth-order valence-electron chi connectivity index (χ4n) is 1.56. The van der Waals surface area contributed by atoms with Gasteiger partial charge in [-0.15, -0.1) is 0 Å². The quantitative estimate of drug-likeness (QED) is 0.664. The van der Waals surface area contributed by atoms with Gasteiger partial charge in [0.1, 0.15) is 0 Å². The summed E-state index contributed by atoms with van der Waals surface area (Å²) in [5.41, 5.74) is -2.56. The molecular formula is C8H14F3NO. The molecule has 1 fully saturated rings. The van der Waals surface area contributed by atoms with Crippen LogP contribution in [0.2, 0.25) is 0 Å². The molecule has 1 aliphatic heterocycles. The fraction of sp³-hybridized carbons (Fsp3) is 1.00. The molecule has 1 aliphatic rings. The highest BCUT2D eigenvalue weighted by Crippen LogP contribution is 2.38. The largest absolute Gasteiger partial charge is 0.417 e. The van der Waals surface area contributed by atoms with Gasteiger partial charge in [0.2, 0.25) is 0 Å². The van der Waals surface area contributed by atoms with Crippen LogP contribution in [0.25, 0.3) is 0 Å². The fourth-order valence-corrected chi connectivity index (χ4v) is 1.56. The van der Waals surface area contributed by atoms with Crippen LogP contribution in [-0.4, -0.2) is 30.0 Å². The van der Waals surface area contributed by atoms with Crippen molar-refractivity contribution in [3.8, 4) is 0 Å². The Bertz CT molecular complexity index is 173. The molecule has 2 atom stereocenters. The Morgan fingerprint density at radius 2 is 2.00 bits per heavy atom. The summed E-state index contributed by atoms with van der Waals surface area (Å²) in [5.74, 6) is -0.721. The minimum absolute atomic E-state index is 0.243.